The molecule has 0 spiro atoms. The highest BCUT2D eigenvalue weighted by Crippen LogP contribution is 2.27. The molecule has 0 radical (unpaired) electrons. The fourth-order valence-electron chi connectivity index (χ4n) is 1.68. The number of aryl methyl sites for hydroxylation is 1. The van der Waals surface area contributed by atoms with Gasteiger partial charge in [0.1, 0.15) is 0 Å². The number of hydrogen-bond acceptors (Lipinski definition) is 3. The molecule has 1 aromatic heterocycles. The molecule has 0 aliphatic heterocycles. The SMILES string of the molecule is Cc1cccc2sc(NC(=O)CC(C)C)nc12. The Balaban J connectivity index is 2.20. The van der Waals surface area contributed by atoms with Gasteiger partial charge in [0.05, 0.1) is 10.2 Å². The maximum atomic E-state index is 11.6. The number of benzene rings is 1. The number of nitrogens with one attached hydrogen (secondary N) is 1. The monoisotopic (exact) mass is 248 g/mol. The summed E-state index contributed by atoms with van der Waals surface area (Å²) in [7, 11) is 0. The lowest BCUT2D eigenvalue weighted by Gasteiger charge is -2.03. The Bertz CT molecular complexity index is 545. The molecule has 1 amide bonds. The molecule has 2 rings (SSSR count). The van der Waals surface area contributed by atoms with Crippen LogP contribution in [0.5, 0.6) is 0 Å². The Morgan fingerprint density at radius 2 is 2.24 bits per heavy atom. The summed E-state index contributed by atoms with van der Waals surface area (Å²) in [6.07, 6.45) is 0.537. The van der Waals surface area contributed by atoms with Gasteiger partial charge in [0.25, 0.3) is 0 Å². The largest absolute Gasteiger partial charge is 0.302 e. The van der Waals surface area contributed by atoms with Crippen molar-refractivity contribution in [2.45, 2.75) is 27.2 Å². The highest BCUT2D eigenvalue weighted by atomic mass is 32.1. The molecule has 4 heteroatoms. The lowest BCUT2D eigenvalue weighted by Crippen LogP contribution is -2.13. The van der Waals surface area contributed by atoms with E-state index in [0.29, 0.717) is 17.5 Å². The van der Waals surface area contributed by atoms with Crippen molar-refractivity contribution in [3.63, 3.8) is 0 Å². The van der Waals surface area contributed by atoms with Crippen LogP contribution in [-0.4, -0.2) is 10.9 Å². The molecular formula is C13H16N2OS. The quantitative estimate of drug-likeness (QED) is 0.902. The van der Waals surface area contributed by atoms with E-state index in [1.165, 1.54) is 11.3 Å². The average Bonchev–Trinajstić information content (AvgIpc) is 2.60. The van der Waals surface area contributed by atoms with Crippen molar-refractivity contribution in [2.75, 3.05) is 5.32 Å². The topological polar surface area (TPSA) is 42.0 Å². The zero-order chi connectivity index (χ0) is 12.4. The number of para-hydroxylation sites is 1. The van der Waals surface area contributed by atoms with Crippen LogP contribution in [0.2, 0.25) is 0 Å². The minimum Gasteiger partial charge on any atom is -0.302 e. The second-order valence-corrected chi connectivity index (χ2v) is 5.62. The molecule has 0 fully saturated rings. The molecular weight excluding hydrogens is 232 g/mol. The fourth-order valence-corrected chi connectivity index (χ4v) is 2.64. The van der Waals surface area contributed by atoms with Crippen LogP contribution in [0, 0.1) is 12.8 Å². The van der Waals surface area contributed by atoms with Gasteiger partial charge in [-0.1, -0.05) is 37.3 Å². The van der Waals surface area contributed by atoms with Gasteiger partial charge in [-0.15, -0.1) is 0 Å². The third-order valence-electron chi connectivity index (χ3n) is 2.46. The fraction of sp³-hybridized carbons (Fsp3) is 0.385. The lowest BCUT2D eigenvalue weighted by molar-refractivity contribution is -0.116. The Morgan fingerprint density at radius 3 is 2.88 bits per heavy atom. The van der Waals surface area contributed by atoms with Gasteiger partial charge in [-0.05, 0) is 24.5 Å². The summed E-state index contributed by atoms with van der Waals surface area (Å²) >= 11 is 1.52. The molecule has 0 saturated heterocycles. The lowest BCUT2D eigenvalue weighted by atomic mass is 10.1. The number of carbonyl (C=O) groups is 1. The van der Waals surface area contributed by atoms with E-state index in [4.69, 9.17) is 0 Å². The first-order chi connectivity index (χ1) is 8.06. The third-order valence-corrected chi connectivity index (χ3v) is 3.40. The number of fused-ring (bicyclic) bond motifs is 1. The van der Waals surface area contributed by atoms with E-state index in [2.05, 4.69) is 10.3 Å². The number of amides is 1. The maximum absolute atomic E-state index is 11.6. The highest BCUT2D eigenvalue weighted by Gasteiger charge is 2.09. The molecule has 0 aliphatic rings. The van der Waals surface area contributed by atoms with Gasteiger partial charge >= 0.3 is 0 Å². The van der Waals surface area contributed by atoms with E-state index < -0.39 is 0 Å². The highest BCUT2D eigenvalue weighted by molar-refractivity contribution is 7.22. The van der Waals surface area contributed by atoms with Crippen molar-refractivity contribution in [3.05, 3.63) is 23.8 Å². The Labute approximate surface area is 105 Å². The maximum Gasteiger partial charge on any atom is 0.226 e. The van der Waals surface area contributed by atoms with Crippen molar-refractivity contribution in [3.8, 4) is 0 Å². The second-order valence-electron chi connectivity index (χ2n) is 4.59. The van der Waals surface area contributed by atoms with Crippen LogP contribution in [0.1, 0.15) is 25.8 Å². The van der Waals surface area contributed by atoms with Crippen molar-refractivity contribution >= 4 is 32.6 Å². The van der Waals surface area contributed by atoms with E-state index in [9.17, 15) is 4.79 Å². The first-order valence-electron chi connectivity index (χ1n) is 5.72. The molecule has 1 N–H and O–H groups in total. The predicted molar refractivity (Wildman–Crippen MR) is 72.4 cm³/mol. The van der Waals surface area contributed by atoms with Crippen LogP contribution in [0.15, 0.2) is 18.2 Å². The second kappa shape index (κ2) is 4.84. The van der Waals surface area contributed by atoms with Crippen LogP contribution >= 0.6 is 11.3 Å². The minimum atomic E-state index is 0.0386. The zero-order valence-electron chi connectivity index (χ0n) is 10.3. The van der Waals surface area contributed by atoms with E-state index in [-0.39, 0.29) is 5.91 Å². The number of carbonyl (C=O) groups excluding carboxylic acids is 1. The molecule has 0 aliphatic carbocycles. The standard InChI is InChI=1S/C13H16N2OS/c1-8(2)7-11(16)14-13-15-12-9(3)5-4-6-10(12)17-13/h4-6,8H,7H2,1-3H3,(H,14,15,16). The molecule has 0 unspecified atom stereocenters. The molecule has 3 nitrogen and oxygen atoms in total. The van der Waals surface area contributed by atoms with Gasteiger partial charge in [-0.2, -0.15) is 0 Å². The van der Waals surface area contributed by atoms with Gasteiger partial charge in [0.2, 0.25) is 5.91 Å². The Morgan fingerprint density at radius 1 is 1.47 bits per heavy atom. The number of aromatic nitrogens is 1. The van der Waals surface area contributed by atoms with Crippen molar-refractivity contribution < 1.29 is 4.79 Å². The summed E-state index contributed by atoms with van der Waals surface area (Å²) in [4.78, 5) is 16.1. The first-order valence-corrected chi connectivity index (χ1v) is 6.54. The van der Waals surface area contributed by atoms with Crippen LogP contribution in [0.25, 0.3) is 10.2 Å². The van der Waals surface area contributed by atoms with Crippen LogP contribution < -0.4 is 5.32 Å². The van der Waals surface area contributed by atoms with E-state index >= 15 is 0 Å². The minimum absolute atomic E-state index is 0.0386. The molecule has 1 aromatic carbocycles. The Hall–Kier alpha value is -1.42. The molecule has 2 aromatic rings. The van der Waals surface area contributed by atoms with Crippen molar-refractivity contribution in [1.82, 2.24) is 4.98 Å². The molecule has 0 atom stereocenters. The summed E-state index contributed by atoms with van der Waals surface area (Å²) < 4.78 is 1.12. The molecule has 0 saturated carbocycles. The van der Waals surface area contributed by atoms with Crippen LogP contribution in [0.4, 0.5) is 5.13 Å². The molecule has 1 heterocycles. The normalized spacial score (nSPS) is 11.1. The predicted octanol–water partition coefficient (Wildman–Crippen LogP) is 3.59. The summed E-state index contributed by atoms with van der Waals surface area (Å²) in [5, 5.41) is 3.55. The average molecular weight is 248 g/mol. The molecule has 0 bridgehead atoms. The number of anilines is 1. The van der Waals surface area contributed by atoms with Crippen LogP contribution in [-0.2, 0) is 4.79 Å². The van der Waals surface area contributed by atoms with Crippen molar-refractivity contribution in [2.24, 2.45) is 5.92 Å². The summed E-state index contributed by atoms with van der Waals surface area (Å²) in [5.41, 5.74) is 2.13. The van der Waals surface area contributed by atoms with Gasteiger partial charge in [0.15, 0.2) is 5.13 Å². The first kappa shape index (κ1) is 12.0. The Kier molecular flexibility index (Phi) is 3.43. The van der Waals surface area contributed by atoms with E-state index in [0.717, 1.165) is 15.8 Å². The third kappa shape index (κ3) is 2.82. The van der Waals surface area contributed by atoms with Gasteiger partial charge in [0, 0.05) is 6.42 Å². The summed E-state index contributed by atoms with van der Waals surface area (Å²) in [5.74, 6) is 0.405. The number of nitrogens with zero attached hydrogens (tertiary/aromatic N) is 1. The summed E-state index contributed by atoms with van der Waals surface area (Å²) in [6.45, 7) is 6.09. The van der Waals surface area contributed by atoms with Gasteiger partial charge < -0.3 is 5.32 Å². The van der Waals surface area contributed by atoms with Gasteiger partial charge in [-0.25, -0.2) is 4.98 Å². The number of hydrogen-bond donors (Lipinski definition) is 1. The van der Waals surface area contributed by atoms with Crippen molar-refractivity contribution in [1.29, 1.82) is 0 Å². The van der Waals surface area contributed by atoms with E-state index in [1.807, 2.05) is 39.0 Å². The zero-order valence-corrected chi connectivity index (χ0v) is 11.1. The number of rotatable bonds is 3. The number of thiazole rings is 1. The smallest absolute Gasteiger partial charge is 0.226 e. The molecule has 90 valence electrons. The summed E-state index contributed by atoms with van der Waals surface area (Å²) in [6, 6.07) is 6.06. The van der Waals surface area contributed by atoms with Crippen LogP contribution in [0.3, 0.4) is 0 Å². The van der Waals surface area contributed by atoms with E-state index in [1.54, 1.807) is 0 Å². The molecule has 17 heavy (non-hydrogen) atoms. The van der Waals surface area contributed by atoms with Gasteiger partial charge in [-0.3, -0.25) is 4.79 Å².